The molecule has 2 heterocycles. The lowest BCUT2D eigenvalue weighted by Crippen LogP contribution is -2.57. The molecule has 0 aromatic heterocycles. The average molecular weight is 375 g/mol. The Labute approximate surface area is 155 Å². The molecule has 0 saturated carbocycles. The fourth-order valence-corrected chi connectivity index (χ4v) is 4.44. The summed E-state index contributed by atoms with van der Waals surface area (Å²) in [4.78, 5) is 14.1. The Morgan fingerprint density at radius 1 is 1.24 bits per heavy atom. The van der Waals surface area contributed by atoms with Gasteiger partial charge in [0.15, 0.2) is 0 Å². The van der Waals surface area contributed by atoms with E-state index in [4.69, 9.17) is 9.47 Å². The summed E-state index contributed by atoms with van der Waals surface area (Å²) in [6.07, 6.45) is 1.42. The smallest absolute Gasteiger partial charge is 0.410 e. The molecule has 0 radical (unpaired) electrons. The van der Waals surface area contributed by atoms with Crippen LogP contribution < -0.4 is 4.72 Å². The number of likely N-dealkylation sites (tertiary alicyclic amines) is 1. The molecule has 1 spiro atoms. The molecule has 2 aliphatic rings. The number of ether oxygens (including phenoxy) is 2. The second-order valence-corrected chi connectivity index (χ2v) is 11.3. The zero-order chi connectivity index (χ0) is 19.0. The Morgan fingerprint density at radius 3 is 2.28 bits per heavy atom. The first kappa shape index (κ1) is 20.8. The van der Waals surface area contributed by atoms with Gasteiger partial charge in [-0.3, -0.25) is 0 Å². The molecule has 0 aromatic rings. The number of carbonyl (C=O) groups is 1. The molecular formula is C18H34N2O4S. The largest absolute Gasteiger partial charge is 0.598 e. The van der Waals surface area contributed by atoms with Crippen molar-refractivity contribution in [2.24, 2.45) is 5.41 Å². The van der Waals surface area contributed by atoms with Crippen LogP contribution in [0.3, 0.4) is 0 Å². The summed E-state index contributed by atoms with van der Waals surface area (Å²) in [5, 5.41) is 0. The monoisotopic (exact) mass is 374 g/mol. The molecule has 0 unspecified atom stereocenters. The third-order valence-electron chi connectivity index (χ3n) is 4.96. The SMILES string of the molecule is C[C@H]1OCC2(CCN(C(=O)OC(C)(C)C)CC2)[C@@H]1N[S@+]([O-])C(C)(C)C. The molecule has 7 heteroatoms. The molecule has 25 heavy (non-hydrogen) atoms. The maximum Gasteiger partial charge on any atom is 0.410 e. The number of hydrogen-bond acceptors (Lipinski definition) is 5. The van der Waals surface area contributed by atoms with Gasteiger partial charge in [-0.05, 0) is 61.3 Å². The second kappa shape index (κ2) is 7.25. The summed E-state index contributed by atoms with van der Waals surface area (Å²) >= 11 is -1.14. The van der Waals surface area contributed by atoms with Gasteiger partial charge in [0, 0.05) is 29.9 Å². The first-order chi connectivity index (χ1) is 11.3. The quantitative estimate of drug-likeness (QED) is 0.753. The topological polar surface area (TPSA) is 73.9 Å². The Kier molecular flexibility index (Phi) is 6.04. The first-order valence-corrected chi connectivity index (χ1v) is 10.3. The van der Waals surface area contributed by atoms with E-state index in [1.54, 1.807) is 4.90 Å². The number of rotatable bonds is 2. The molecule has 3 atom stereocenters. The molecule has 2 saturated heterocycles. The van der Waals surface area contributed by atoms with Crippen molar-refractivity contribution in [2.45, 2.75) is 83.8 Å². The Bertz CT molecular complexity index is 478. The highest BCUT2D eigenvalue weighted by molar-refractivity contribution is 7.90. The lowest BCUT2D eigenvalue weighted by Gasteiger charge is -2.43. The van der Waals surface area contributed by atoms with Crippen LogP contribution in [0.15, 0.2) is 0 Å². The van der Waals surface area contributed by atoms with Crippen LogP contribution in [0.2, 0.25) is 0 Å². The fraction of sp³-hybridized carbons (Fsp3) is 0.944. The molecule has 0 aromatic carbocycles. The van der Waals surface area contributed by atoms with Gasteiger partial charge in [-0.1, -0.05) is 0 Å². The Balaban J connectivity index is 2.01. The second-order valence-electron chi connectivity index (χ2n) is 9.32. The van der Waals surface area contributed by atoms with Crippen LogP contribution >= 0.6 is 0 Å². The van der Waals surface area contributed by atoms with Crippen molar-refractivity contribution in [2.75, 3.05) is 19.7 Å². The lowest BCUT2D eigenvalue weighted by atomic mass is 9.73. The zero-order valence-corrected chi connectivity index (χ0v) is 17.5. The lowest BCUT2D eigenvalue weighted by molar-refractivity contribution is 0.00644. The van der Waals surface area contributed by atoms with Crippen molar-refractivity contribution >= 4 is 17.5 Å². The molecule has 2 aliphatic heterocycles. The highest BCUT2D eigenvalue weighted by atomic mass is 32.2. The predicted octanol–water partition coefficient (Wildman–Crippen LogP) is 2.84. The van der Waals surface area contributed by atoms with Gasteiger partial charge < -0.3 is 18.9 Å². The normalized spacial score (nSPS) is 28.2. The van der Waals surface area contributed by atoms with Gasteiger partial charge in [0.05, 0.1) is 18.8 Å². The van der Waals surface area contributed by atoms with Gasteiger partial charge in [-0.2, -0.15) is 0 Å². The first-order valence-electron chi connectivity index (χ1n) is 9.12. The number of hydrogen-bond donors (Lipinski definition) is 1. The van der Waals surface area contributed by atoms with Crippen LogP contribution in [0.5, 0.6) is 0 Å². The zero-order valence-electron chi connectivity index (χ0n) is 16.7. The van der Waals surface area contributed by atoms with Crippen LogP contribution in [-0.4, -0.2) is 57.7 Å². The van der Waals surface area contributed by atoms with Crippen LogP contribution in [-0.2, 0) is 20.8 Å². The van der Waals surface area contributed by atoms with E-state index < -0.39 is 17.0 Å². The van der Waals surface area contributed by atoms with Crippen molar-refractivity contribution in [3.05, 3.63) is 0 Å². The summed E-state index contributed by atoms with van der Waals surface area (Å²) in [7, 11) is 0. The minimum absolute atomic E-state index is 0.0133. The molecular weight excluding hydrogens is 340 g/mol. The molecule has 2 rings (SSSR count). The third-order valence-corrected chi connectivity index (χ3v) is 6.54. The van der Waals surface area contributed by atoms with E-state index in [0.29, 0.717) is 19.7 Å². The van der Waals surface area contributed by atoms with Crippen LogP contribution in [0, 0.1) is 5.41 Å². The van der Waals surface area contributed by atoms with E-state index >= 15 is 0 Å². The summed E-state index contributed by atoms with van der Waals surface area (Å²) in [5.41, 5.74) is -0.552. The Hall–Kier alpha value is -0.500. The van der Waals surface area contributed by atoms with E-state index in [-0.39, 0.29) is 28.4 Å². The molecule has 1 amide bonds. The fourth-order valence-electron chi connectivity index (χ4n) is 3.41. The van der Waals surface area contributed by atoms with Crippen molar-refractivity contribution in [3.8, 4) is 0 Å². The maximum atomic E-state index is 12.6. The summed E-state index contributed by atoms with van der Waals surface area (Å²) in [5.74, 6) is 0. The van der Waals surface area contributed by atoms with Crippen LogP contribution in [0.25, 0.3) is 0 Å². The van der Waals surface area contributed by atoms with Gasteiger partial charge in [-0.15, -0.1) is 4.72 Å². The number of nitrogens with one attached hydrogen (secondary N) is 1. The highest BCUT2D eigenvalue weighted by Crippen LogP contribution is 2.43. The predicted molar refractivity (Wildman–Crippen MR) is 99.7 cm³/mol. The van der Waals surface area contributed by atoms with E-state index in [9.17, 15) is 9.35 Å². The highest BCUT2D eigenvalue weighted by Gasteiger charge is 2.52. The molecule has 0 bridgehead atoms. The van der Waals surface area contributed by atoms with Gasteiger partial charge in [0.25, 0.3) is 0 Å². The Morgan fingerprint density at radius 2 is 1.80 bits per heavy atom. The standard InChI is InChI=1S/C18H34N2O4S/c1-13-14(19-25(22)17(5,6)7)18(12-23-13)8-10-20(11-9-18)15(21)24-16(2,3)4/h13-14,19H,8-12H2,1-7H3/t13-,14-,25-/m1/s1. The van der Waals surface area contributed by atoms with Crippen LogP contribution in [0.1, 0.15) is 61.3 Å². The maximum absolute atomic E-state index is 12.6. The third kappa shape index (κ3) is 5.02. The van der Waals surface area contributed by atoms with E-state index in [1.807, 2.05) is 48.5 Å². The summed E-state index contributed by atoms with van der Waals surface area (Å²) < 4.78 is 27.0. The van der Waals surface area contributed by atoms with E-state index in [1.165, 1.54) is 0 Å². The molecule has 6 nitrogen and oxygen atoms in total. The van der Waals surface area contributed by atoms with Crippen molar-refractivity contribution in [1.82, 2.24) is 9.62 Å². The number of amides is 1. The van der Waals surface area contributed by atoms with Gasteiger partial charge in [0.1, 0.15) is 10.3 Å². The minimum atomic E-state index is -1.14. The number of carbonyl (C=O) groups excluding carboxylic acids is 1. The van der Waals surface area contributed by atoms with Gasteiger partial charge in [-0.25, -0.2) is 4.79 Å². The van der Waals surface area contributed by atoms with Crippen molar-refractivity contribution in [3.63, 3.8) is 0 Å². The van der Waals surface area contributed by atoms with Crippen LogP contribution in [0.4, 0.5) is 4.79 Å². The average Bonchev–Trinajstić information content (AvgIpc) is 2.75. The number of piperidine rings is 1. The van der Waals surface area contributed by atoms with E-state index in [0.717, 1.165) is 12.8 Å². The molecule has 1 N–H and O–H groups in total. The summed E-state index contributed by atoms with van der Waals surface area (Å²) in [6, 6.07) is 0.0355. The number of nitrogens with zero attached hydrogens (tertiary/aromatic N) is 1. The minimum Gasteiger partial charge on any atom is -0.598 e. The van der Waals surface area contributed by atoms with Crippen molar-refractivity contribution in [1.29, 1.82) is 0 Å². The molecule has 2 fully saturated rings. The van der Waals surface area contributed by atoms with Gasteiger partial charge in [0.2, 0.25) is 0 Å². The molecule has 0 aliphatic carbocycles. The van der Waals surface area contributed by atoms with E-state index in [2.05, 4.69) is 4.72 Å². The summed E-state index contributed by atoms with van der Waals surface area (Å²) in [6.45, 7) is 15.5. The molecule has 146 valence electrons. The van der Waals surface area contributed by atoms with Crippen molar-refractivity contribution < 1.29 is 18.8 Å². The van der Waals surface area contributed by atoms with Gasteiger partial charge >= 0.3 is 6.09 Å².